The van der Waals surface area contributed by atoms with Crippen molar-refractivity contribution in [1.29, 1.82) is 0 Å². The molecular formula is C16H23NO4. The minimum Gasteiger partial charge on any atom is -0.450 e. The van der Waals surface area contributed by atoms with E-state index in [1.807, 2.05) is 31.2 Å². The first-order valence-electron chi connectivity index (χ1n) is 7.40. The number of ether oxygens (including phenoxy) is 3. The molecule has 1 aromatic rings. The highest BCUT2D eigenvalue weighted by Gasteiger charge is 2.39. The maximum atomic E-state index is 11.4. The van der Waals surface area contributed by atoms with Gasteiger partial charge in [-0.25, -0.2) is 4.79 Å². The molecule has 1 aromatic carbocycles. The average Bonchev–Trinajstić information content (AvgIpc) is 2.89. The fourth-order valence-corrected chi connectivity index (χ4v) is 2.72. The van der Waals surface area contributed by atoms with Gasteiger partial charge in [-0.1, -0.05) is 19.1 Å². The third-order valence-electron chi connectivity index (χ3n) is 3.74. The molecule has 1 fully saturated rings. The molecule has 116 valence electrons. The number of anilines is 1. The van der Waals surface area contributed by atoms with Crippen LogP contribution < -0.4 is 5.32 Å². The minimum absolute atomic E-state index is 0.164. The van der Waals surface area contributed by atoms with Gasteiger partial charge in [0.2, 0.25) is 0 Å². The normalized spacial score (nSPS) is 18.2. The highest BCUT2D eigenvalue weighted by Crippen LogP contribution is 2.38. The Morgan fingerprint density at radius 3 is 2.43 bits per heavy atom. The van der Waals surface area contributed by atoms with Crippen molar-refractivity contribution in [3.63, 3.8) is 0 Å². The Morgan fingerprint density at radius 2 is 1.90 bits per heavy atom. The van der Waals surface area contributed by atoms with Gasteiger partial charge in [-0.05, 0) is 38.0 Å². The summed E-state index contributed by atoms with van der Waals surface area (Å²) in [5.74, 6) is -0.401. The van der Waals surface area contributed by atoms with E-state index in [1.165, 1.54) is 0 Å². The van der Waals surface area contributed by atoms with Gasteiger partial charge in [0.25, 0.3) is 0 Å². The average molecular weight is 293 g/mol. The summed E-state index contributed by atoms with van der Waals surface area (Å²) >= 11 is 0. The van der Waals surface area contributed by atoms with Gasteiger partial charge in [-0.15, -0.1) is 0 Å². The van der Waals surface area contributed by atoms with E-state index in [0.717, 1.165) is 12.0 Å². The van der Waals surface area contributed by atoms with Crippen molar-refractivity contribution in [3.8, 4) is 0 Å². The van der Waals surface area contributed by atoms with Crippen LogP contribution >= 0.6 is 0 Å². The van der Waals surface area contributed by atoms with Crippen molar-refractivity contribution in [2.75, 3.05) is 25.1 Å². The Balaban J connectivity index is 2.08. The molecule has 0 radical (unpaired) electrons. The highest BCUT2D eigenvalue weighted by atomic mass is 16.7. The van der Waals surface area contributed by atoms with Crippen molar-refractivity contribution >= 4 is 11.8 Å². The van der Waals surface area contributed by atoms with Crippen molar-refractivity contribution < 1.29 is 19.0 Å². The number of carbonyl (C=O) groups excluding carboxylic acids is 1. The molecule has 0 spiro atoms. The van der Waals surface area contributed by atoms with Gasteiger partial charge in [0, 0.05) is 11.6 Å². The summed E-state index contributed by atoms with van der Waals surface area (Å²) in [5, 5.41) is 2.68. The number of carbonyl (C=O) groups is 1. The van der Waals surface area contributed by atoms with Gasteiger partial charge in [0.1, 0.15) is 0 Å². The van der Waals surface area contributed by atoms with Crippen LogP contribution in [0.1, 0.15) is 38.7 Å². The monoisotopic (exact) mass is 293 g/mol. The van der Waals surface area contributed by atoms with Crippen LogP contribution in [0, 0.1) is 0 Å². The second-order valence-electron chi connectivity index (χ2n) is 5.14. The van der Waals surface area contributed by atoms with Gasteiger partial charge in [-0.2, -0.15) is 0 Å². The summed E-state index contributed by atoms with van der Waals surface area (Å²) < 4.78 is 16.4. The van der Waals surface area contributed by atoms with E-state index in [4.69, 9.17) is 14.2 Å². The minimum atomic E-state index is -0.565. The quantitative estimate of drug-likeness (QED) is 0.902. The number of hydrogen-bond donors (Lipinski definition) is 1. The Kier molecular flexibility index (Phi) is 5.20. The van der Waals surface area contributed by atoms with Gasteiger partial charge in [0.15, 0.2) is 5.79 Å². The first kappa shape index (κ1) is 15.8. The Hall–Kier alpha value is -1.59. The topological polar surface area (TPSA) is 56.8 Å². The van der Waals surface area contributed by atoms with E-state index >= 15 is 0 Å². The molecule has 0 aliphatic carbocycles. The maximum absolute atomic E-state index is 11.4. The molecule has 1 atom stereocenters. The zero-order chi connectivity index (χ0) is 15.3. The smallest absolute Gasteiger partial charge is 0.411 e. The largest absolute Gasteiger partial charge is 0.450 e. The number of benzene rings is 1. The standard InChI is InChI=1S/C16H23NO4/c1-4-14(16(3)20-10-11-21-16)12-6-8-13(9-7-12)17-15(18)19-5-2/h6-9,14H,4-5,10-11H2,1-3H3,(H,17,18). The molecule has 1 saturated heterocycles. The van der Waals surface area contributed by atoms with E-state index in [0.29, 0.717) is 25.5 Å². The molecule has 0 bridgehead atoms. The third-order valence-corrected chi connectivity index (χ3v) is 3.74. The van der Waals surface area contributed by atoms with Gasteiger partial charge >= 0.3 is 6.09 Å². The summed E-state index contributed by atoms with van der Waals surface area (Å²) in [6, 6.07) is 7.72. The molecule has 1 heterocycles. The molecule has 1 amide bonds. The molecular weight excluding hydrogens is 270 g/mol. The number of rotatable bonds is 5. The van der Waals surface area contributed by atoms with Crippen LogP contribution in [0.25, 0.3) is 0 Å². The lowest BCUT2D eigenvalue weighted by molar-refractivity contribution is -0.160. The highest BCUT2D eigenvalue weighted by molar-refractivity contribution is 5.84. The summed E-state index contributed by atoms with van der Waals surface area (Å²) in [5.41, 5.74) is 1.85. The maximum Gasteiger partial charge on any atom is 0.411 e. The van der Waals surface area contributed by atoms with Crippen LogP contribution in [0.4, 0.5) is 10.5 Å². The molecule has 5 nitrogen and oxygen atoms in total. The molecule has 5 heteroatoms. The van der Waals surface area contributed by atoms with Gasteiger partial charge in [-0.3, -0.25) is 5.32 Å². The molecule has 1 N–H and O–H groups in total. The summed E-state index contributed by atoms with van der Waals surface area (Å²) in [4.78, 5) is 11.4. The fourth-order valence-electron chi connectivity index (χ4n) is 2.72. The lowest BCUT2D eigenvalue weighted by atomic mass is 9.89. The third kappa shape index (κ3) is 3.74. The molecule has 1 unspecified atom stereocenters. The van der Waals surface area contributed by atoms with Crippen LogP contribution in [-0.4, -0.2) is 31.7 Å². The summed E-state index contributed by atoms with van der Waals surface area (Å²) in [6.45, 7) is 7.50. The van der Waals surface area contributed by atoms with Crippen molar-refractivity contribution in [2.45, 2.75) is 38.9 Å². The van der Waals surface area contributed by atoms with Crippen LogP contribution in [-0.2, 0) is 14.2 Å². The van der Waals surface area contributed by atoms with Crippen LogP contribution in [0.2, 0.25) is 0 Å². The van der Waals surface area contributed by atoms with Crippen molar-refractivity contribution in [3.05, 3.63) is 29.8 Å². The summed E-state index contributed by atoms with van der Waals surface area (Å²) in [7, 11) is 0. The second kappa shape index (κ2) is 6.91. The lowest BCUT2D eigenvalue weighted by Gasteiger charge is -2.32. The molecule has 1 aliphatic rings. The Morgan fingerprint density at radius 1 is 1.29 bits per heavy atom. The Labute approximate surface area is 125 Å². The summed E-state index contributed by atoms with van der Waals surface area (Å²) in [6.07, 6.45) is 0.480. The van der Waals surface area contributed by atoms with E-state index in [1.54, 1.807) is 6.92 Å². The number of hydrogen-bond acceptors (Lipinski definition) is 4. The number of nitrogens with one attached hydrogen (secondary N) is 1. The zero-order valence-corrected chi connectivity index (χ0v) is 12.8. The number of amides is 1. The molecule has 21 heavy (non-hydrogen) atoms. The van der Waals surface area contributed by atoms with E-state index in [-0.39, 0.29) is 5.92 Å². The fraction of sp³-hybridized carbons (Fsp3) is 0.562. The molecule has 0 saturated carbocycles. The van der Waals surface area contributed by atoms with Crippen LogP contribution in [0.15, 0.2) is 24.3 Å². The predicted octanol–water partition coefficient (Wildman–Crippen LogP) is 3.51. The first-order valence-corrected chi connectivity index (χ1v) is 7.40. The first-order chi connectivity index (χ1) is 10.1. The van der Waals surface area contributed by atoms with E-state index in [2.05, 4.69) is 12.2 Å². The lowest BCUT2D eigenvalue weighted by Crippen LogP contribution is -2.33. The van der Waals surface area contributed by atoms with Crippen LogP contribution in [0.3, 0.4) is 0 Å². The molecule has 2 rings (SSSR count). The van der Waals surface area contributed by atoms with Gasteiger partial charge in [0.05, 0.1) is 19.8 Å². The zero-order valence-electron chi connectivity index (χ0n) is 12.8. The van der Waals surface area contributed by atoms with Crippen molar-refractivity contribution in [2.24, 2.45) is 0 Å². The predicted molar refractivity (Wildman–Crippen MR) is 80.4 cm³/mol. The second-order valence-corrected chi connectivity index (χ2v) is 5.14. The SMILES string of the molecule is CCOC(=O)Nc1ccc(C(CC)C2(C)OCCO2)cc1. The van der Waals surface area contributed by atoms with E-state index < -0.39 is 11.9 Å². The molecule has 1 aliphatic heterocycles. The Bertz CT molecular complexity index is 466. The van der Waals surface area contributed by atoms with E-state index in [9.17, 15) is 4.79 Å². The van der Waals surface area contributed by atoms with Crippen LogP contribution in [0.5, 0.6) is 0 Å². The van der Waals surface area contributed by atoms with Crippen molar-refractivity contribution in [1.82, 2.24) is 0 Å². The molecule has 0 aromatic heterocycles. The van der Waals surface area contributed by atoms with Gasteiger partial charge < -0.3 is 14.2 Å².